The zero-order valence-electron chi connectivity index (χ0n) is 12.1. The summed E-state index contributed by atoms with van der Waals surface area (Å²) in [5.41, 5.74) is 4.46. The van der Waals surface area contributed by atoms with Crippen LogP contribution in [-0.2, 0) is 0 Å². The third kappa shape index (κ3) is 3.07. The highest BCUT2D eigenvalue weighted by atomic mass is 35.5. The Morgan fingerprint density at radius 3 is 2.33 bits per heavy atom. The average molecular weight is 357 g/mol. The molecule has 1 aliphatic heterocycles. The summed E-state index contributed by atoms with van der Waals surface area (Å²) in [6.07, 6.45) is -0.770. The Morgan fingerprint density at radius 1 is 1.12 bits per heavy atom. The maximum absolute atomic E-state index is 13.7. The zero-order valence-corrected chi connectivity index (χ0v) is 12.9. The molecule has 0 radical (unpaired) electrons. The van der Waals surface area contributed by atoms with Crippen LogP contribution in [0.15, 0.2) is 59.7 Å². The van der Waals surface area contributed by atoms with E-state index in [1.54, 1.807) is 6.07 Å². The van der Waals surface area contributed by atoms with Crippen LogP contribution in [0.1, 0.15) is 11.6 Å². The minimum atomic E-state index is -4.58. The molecule has 2 heterocycles. The summed E-state index contributed by atoms with van der Waals surface area (Å²) in [6, 6.07) is 5.46. The largest absolute Gasteiger partial charge is 0.413 e. The van der Waals surface area contributed by atoms with Crippen LogP contribution in [0.5, 0.6) is 0 Å². The molecule has 3 rings (SSSR count). The number of aliphatic imine (C=N–C) groups is 1. The smallest absolute Gasteiger partial charge is 0.382 e. The van der Waals surface area contributed by atoms with E-state index < -0.39 is 17.7 Å². The molecule has 0 spiro atoms. The van der Waals surface area contributed by atoms with Gasteiger partial charge in [-0.05, 0) is 5.56 Å². The Balaban J connectivity index is 2.04. The molecule has 0 saturated carbocycles. The van der Waals surface area contributed by atoms with Gasteiger partial charge in [0, 0.05) is 6.20 Å². The highest BCUT2D eigenvalue weighted by Crippen LogP contribution is 2.40. The highest BCUT2D eigenvalue weighted by molar-refractivity contribution is 6.31. The van der Waals surface area contributed by atoms with Gasteiger partial charge in [-0.3, -0.25) is 0 Å². The maximum atomic E-state index is 13.7. The van der Waals surface area contributed by atoms with E-state index in [4.69, 9.17) is 17.3 Å². The molecule has 1 aromatic carbocycles. The Labute approximate surface area is 140 Å². The van der Waals surface area contributed by atoms with E-state index >= 15 is 0 Å². The van der Waals surface area contributed by atoms with Crippen LogP contribution in [0.3, 0.4) is 0 Å². The lowest BCUT2D eigenvalue weighted by Gasteiger charge is -2.37. The first-order valence-corrected chi connectivity index (χ1v) is 7.27. The molecule has 6 nitrogen and oxygen atoms in total. The van der Waals surface area contributed by atoms with E-state index in [2.05, 4.69) is 15.2 Å². The van der Waals surface area contributed by atoms with Gasteiger partial charge in [-0.25, -0.2) is 4.99 Å². The molecule has 1 aliphatic rings. The van der Waals surface area contributed by atoms with Gasteiger partial charge in [-0.2, -0.15) is 23.4 Å². The van der Waals surface area contributed by atoms with E-state index in [9.17, 15) is 13.2 Å². The van der Waals surface area contributed by atoms with Crippen LogP contribution < -0.4 is 5.73 Å². The third-order valence-corrected chi connectivity index (χ3v) is 3.77. The second-order valence-corrected chi connectivity index (χ2v) is 5.39. The molecule has 0 aliphatic carbocycles. The van der Waals surface area contributed by atoms with Crippen molar-refractivity contribution in [2.75, 3.05) is 0 Å². The Bertz CT molecular complexity index is 757. The average Bonchev–Trinajstić information content (AvgIpc) is 3.04. The van der Waals surface area contributed by atoms with Crippen molar-refractivity contribution < 1.29 is 13.2 Å². The van der Waals surface area contributed by atoms with Crippen LogP contribution in [0.25, 0.3) is 0 Å². The summed E-state index contributed by atoms with van der Waals surface area (Å²) in [7, 11) is 0. The minimum Gasteiger partial charge on any atom is -0.382 e. The van der Waals surface area contributed by atoms with E-state index in [1.165, 1.54) is 36.7 Å². The predicted molar refractivity (Wildman–Crippen MR) is 81.8 cm³/mol. The molecule has 0 amide bonds. The molecule has 2 atom stereocenters. The lowest BCUT2D eigenvalue weighted by molar-refractivity contribution is -0.179. The number of rotatable bonds is 2. The molecule has 2 aromatic rings. The van der Waals surface area contributed by atoms with Crippen molar-refractivity contribution in [1.82, 2.24) is 19.9 Å². The van der Waals surface area contributed by atoms with Gasteiger partial charge in [0.05, 0.1) is 12.4 Å². The van der Waals surface area contributed by atoms with Gasteiger partial charge in [-0.15, -0.1) is 4.80 Å². The molecule has 0 saturated heterocycles. The molecule has 126 valence electrons. The number of benzene rings is 1. The van der Waals surface area contributed by atoms with Crippen molar-refractivity contribution in [2.24, 2.45) is 10.7 Å². The van der Waals surface area contributed by atoms with Gasteiger partial charge >= 0.3 is 6.18 Å². The van der Waals surface area contributed by atoms with Gasteiger partial charge in [-0.1, -0.05) is 41.9 Å². The number of hydrogen-bond acceptors (Lipinski definition) is 5. The number of nitrogens with two attached hydrogens (primary N) is 1. The Morgan fingerprint density at radius 2 is 1.75 bits per heavy atom. The normalized spacial score (nSPS) is 19.7. The van der Waals surface area contributed by atoms with Crippen molar-refractivity contribution in [1.29, 1.82) is 0 Å². The van der Waals surface area contributed by atoms with Gasteiger partial charge in [0.15, 0.2) is 17.4 Å². The first-order chi connectivity index (χ1) is 11.4. The van der Waals surface area contributed by atoms with E-state index in [0.29, 0.717) is 0 Å². The topological polar surface area (TPSA) is 72.3 Å². The Hall–Kier alpha value is -2.55. The fourth-order valence-electron chi connectivity index (χ4n) is 2.41. The second kappa shape index (κ2) is 6.16. The number of alkyl halides is 4. The quantitative estimate of drug-likeness (QED) is 0.662. The van der Waals surface area contributed by atoms with Gasteiger partial charge in [0.25, 0.3) is 0 Å². The molecular formula is C14H12ClF3N6. The third-order valence-electron chi connectivity index (χ3n) is 3.35. The summed E-state index contributed by atoms with van der Waals surface area (Å²) in [6.45, 7) is 0. The maximum Gasteiger partial charge on any atom is 0.413 e. The summed E-state index contributed by atoms with van der Waals surface area (Å²) in [5, 5.41) is 7.71. The van der Waals surface area contributed by atoms with E-state index in [1.807, 2.05) is 0 Å². The summed E-state index contributed by atoms with van der Waals surface area (Å²) in [5.74, 6) is -0.128. The highest BCUT2D eigenvalue weighted by Gasteiger charge is 2.47. The number of halogens is 4. The molecule has 1 unspecified atom stereocenters. The summed E-state index contributed by atoms with van der Waals surface area (Å²) in [4.78, 5) is 5.91. The molecule has 10 heteroatoms. The summed E-state index contributed by atoms with van der Waals surface area (Å²) >= 11 is 6.25. The second-order valence-electron chi connectivity index (χ2n) is 4.98. The minimum absolute atomic E-state index is 0.00755. The number of nitrogens with zero attached hydrogens (tertiary/aromatic N) is 5. The molecular weight excluding hydrogens is 345 g/mol. The Kier molecular flexibility index (Phi) is 4.18. The molecule has 0 bridgehead atoms. The number of aromatic nitrogens is 3. The first-order valence-electron chi connectivity index (χ1n) is 6.83. The molecule has 1 aromatic heterocycles. The van der Waals surface area contributed by atoms with Crippen molar-refractivity contribution in [3.63, 3.8) is 0 Å². The van der Waals surface area contributed by atoms with Crippen LogP contribution >= 0.6 is 11.6 Å². The van der Waals surface area contributed by atoms with Crippen LogP contribution in [0.4, 0.5) is 13.2 Å². The van der Waals surface area contributed by atoms with Crippen LogP contribution in [-0.4, -0.2) is 37.4 Å². The zero-order chi connectivity index (χ0) is 17.3. The van der Waals surface area contributed by atoms with Crippen molar-refractivity contribution in [2.45, 2.75) is 17.7 Å². The molecule has 2 N–H and O–H groups in total. The molecule has 0 fully saturated rings. The summed E-state index contributed by atoms with van der Waals surface area (Å²) < 4.78 is 41.1. The molecule has 24 heavy (non-hydrogen) atoms. The predicted octanol–water partition coefficient (Wildman–Crippen LogP) is 2.47. The van der Waals surface area contributed by atoms with Crippen molar-refractivity contribution in [3.8, 4) is 0 Å². The monoisotopic (exact) mass is 356 g/mol. The first kappa shape index (κ1) is 16.3. The SMILES string of the molecule is NC1=CN([C@@H](c2ccccc2)C(F)(F)F)C(Cl)C(n2nccn2)=N1. The van der Waals surface area contributed by atoms with Gasteiger partial charge < -0.3 is 10.6 Å². The standard InChI is InChI=1S/C14H12ClF3N6/c15-12-13(24-20-6-7-21-24)22-10(19)8-23(12)11(14(16,17)18)9-4-2-1-3-5-9/h1-8,11-12H,19H2/t11-,12?/m0/s1. The van der Waals surface area contributed by atoms with Crippen LogP contribution in [0, 0.1) is 0 Å². The van der Waals surface area contributed by atoms with Crippen LogP contribution in [0.2, 0.25) is 0 Å². The van der Waals surface area contributed by atoms with Crippen molar-refractivity contribution in [3.05, 3.63) is 60.3 Å². The fraction of sp³-hybridized carbons (Fsp3) is 0.214. The van der Waals surface area contributed by atoms with Crippen molar-refractivity contribution >= 4 is 17.4 Å². The van der Waals surface area contributed by atoms with E-state index in [0.717, 1.165) is 15.9 Å². The van der Waals surface area contributed by atoms with E-state index in [-0.39, 0.29) is 17.2 Å². The lowest BCUT2D eigenvalue weighted by atomic mass is 10.0. The fourth-order valence-corrected chi connectivity index (χ4v) is 2.72. The lowest BCUT2D eigenvalue weighted by Crippen LogP contribution is -2.47. The van der Waals surface area contributed by atoms with Gasteiger partial charge in [0.2, 0.25) is 0 Å². The van der Waals surface area contributed by atoms with Gasteiger partial charge in [0.1, 0.15) is 5.82 Å². The number of hydrogen-bond donors (Lipinski definition) is 1.